The normalized spacial score (nSPS) is 16.2. The highest BCUT2D eigenvalue weighted by Gasteiger charge is 2.23. The first-order valence-corrected chi connectivity index (χ1v) is 8.28. The van der Waals surface area contributed by atoms with Crippen molar-refractivity contribution in [1.82, 2.24) is 19.2 Å². The molecule has 134 valence electrons. The lowest BCUT2D eigenvalue weighted by Gasteiger charge is -2.32. The fourth-order valence-electron chi connectivity index (χ4n) is 2.67. The summed E-state index contributed by atoms with van der Waals surface area (Å²) in [5.74, 6) is 1.53. The van der Waals surface area contributed by atoms with Crippen molar-refractivity contribution in [2.24, 2.45) is 7.05 Å². The lowest BCUT2D eigenvalue weighted by Crippen LogP contribution is -2.43. The van der Waals surface area contributed by atoms with Crippen LogP contribution in [0, 0.1) is 0 Å². The van der Waals surface area contributed by atoms with E-state index in [1.54, 1.807) is 0 Å². The van der Waals surface area contributed by atoms with Gasteiger partial charge < -0.3 is 9.47 Å². The number of aromatic nitrogens is 3. The summed E-state index contributed by atoms with van der Waals surface area (Å²) in [7, 11) is 3.44. The van der Waals surface area contributed by atoms with E-state index in [9.17, 15) is 9.59 Å². The van der Waals surface area contributed by atoms with Crippen LogP contribution in [-0.4, -0.2) is 45.7 Å². The number of para-hydroxylation sites is 2. The van der Waals surface area contributed by atoms with Crippen molar-refractivity contribution in [1.29, 1.82) is 0 Å². The number of nitrogens with zero attached hydrogens (tertiary/aromatic N) is 4. The van der Waals surface area contributed by atoms with Crippen molar-refractivity contribution in [2.75, 3.05) is 20.2 Å². The van der Waals surface area contributed by atoms with Crippen LogP contribution in [0.15, 0.2) is 40.1 Å². The van der Waals surface area contributed by atoms with Gasteiger partial charge >= 0.3 is 5.69 Å². The molecule has 1 aliphatic heterocycles. The molecule has 0 N–H and O–H groups in total. The predicted molar refractivity (Wildman–Crippen MR) is 92.0 cm³/mol. The highest BCUT2D eigenvalue weighted by atomic mass is 16.6. The zero-order chi connectivity index (χ0) is 17.8. The molecule has 0 saturated heterocycles. The van der Waals surface area contributed by atoms with E-state index >= 15 is 0 Å². The summed E-state index contributed by atoms with van der Waals surface area (Å²) >= 11 is 0. The molecule has 3 rings (SSSR count). The smallest absolute Gasteiger partial charge is 0.347 e. The Balaban J connectivity index is 1.47. The highest BCUT2D eigenvalue weighted by molar-refractivity contribution is 5.40. The van der Waals surface area contributed by atoms with Crippen molar-refractivity contribution in [2.45, 2.75) is 25.6 Å². The molecule has 0 saturated carbocycles. The van der Waals surface area contributed by atoms with Crippen LogP contribution in [0.4, 0.5) is 0 Å². The summed E-state index contributed by atoms with van der Waals surface area (Å²) in [5.41, 5.74) is -0.780. The second-order valence-electron chi connectivity index (χ2n) is 6.07. The summed E-state index contributed by atoms with van der Waals surface area (Å²) < 4.78 is 14.0. The minimum Gasteiger partial charge on any atom is -0.484 e. The molecule has 8 heteroatoms. The average Bonchev–Trinajstić information content (AvgIpc) is 2.64. The molecule has 2 heterocycles. The van der Waals surface area contributed by atoms with Gasteiger partial charge in [-0.15, -0.1) is 0 Å². The summed E-state index contributed by atoms with van der Waals surface area (Å²) in [6.07, 6.45) is 2.68. The van der Waals surface area contributed by atoms with Gasteiger partial charge in [-0.05, 0) is 32.0 Å². The van der Waals surface area contributed by atoms with E-state index in [-0.39, 0.29) is 11.9 Å². The third kappa shape index (κ3) is 3.90. The molecule has 0 bridgehead atoms. The third-order valence-electron chi connectivity index (χ3n) is 4.26. The number of ether oxygens (including phenoxy) is 2. The molecule has 0 fully saturated rings. The molecular weight excluding hydrogens is 324 g/mol. The zero-order valence-electron chi connectivity index (χ0n) is 14.4. The van der Waals surface area contributed by atoms with Gasteiger partial charge in [-0.25, -0.2) is 9.48 Å². The van der Waals surface area contributed by atoms with Gasteiger partial charge in [-0.3, -0.25) is 14.3 Å². The quantitative estimate of drug-likeness (QED) is 0.707. The Morgan fingerprint density at radius 3 is 2.80 bits per heavy atom. The highest BCUT2D eigenvalue weighted by Crippen LogP contribution is 2.31. The number of rotatable bonds is 6. The van der Waals surface area contributed by atoms with E-state index < -0.39 is 5.56 Å². The van der Waals surface area contributed by atoms with Crippen LogP contribution >= 0.6 is 0 Å². The number of likely N-dealkylation sites (N-methyl/N-ethyl adjacent to an activating group) is 1. The summed E-state index contributed by atoms with van der Waals surface area (Å²) in [5, 5.41) is 3.88. The molecule has 1 aromatic heterocycles. The SMILES string of the molecule is CN(CCCCn1ncc(=O)n(C)c1=O)C1COc2ccccc2O1. The van der Waals surface area contributed by atoms with Crippen LogP contribution in [0.3, 0.4) is 0 Å². The van der Waals surface area contributed by atoms with Crippen LogP contribution in [0.5, 0.6) is 11.5 Å². The molecule has 1 aromatic carbocycles. The number of hydrogen-bond donors (Lipinski definition) is 0. The van der Waals surface area contributed by atoms with Crippen molar-refractivity contribution < 1.29 is 9.47 Å². The largest absolute Gasteiger partial charge is 0.484 e. The molecule has 1 unspecified atom stereocenters. The summed E-state index contributed by atoms with van der Waals surface area (Å²) in [6, 6.07) is 7.63. The number of benzene rings is 1. The molecule has 0 aliphatic carbocycles. The molecule has 8 nitrogen and oxygen atoms in total. The van der Waals surface area contributed by atoms with Crippen molar-refractivity contribution in [3.63, 3.8) is 0 Å². The molecule has 0 spiro atoms. The third-order valence-corrected chi connectivity index (χ3v) is 4.26. The molecule has 0 radical (unpaired) electrons. The first-order valence-electron chi connectivity index (χ1n) is 8.28. The number of fused-ring (bicyclic) bond motifs is 1. The van der Waals surface area contributed by atoms with Gasteiger partial charge in [0.15, 0.2) is 17.7 Å². The summed E-state index contributed by atoms with van der Waals surface area (Å²) in [6.45, 7) is 1.76. The number of unbranched alkanes of at least 4 members (excludes halogenated alkanes) is 1. The van der Waals surface area contributed by atoms with Gasteiger partial charge in [-0.2, -0.15) is 5.10 Å². The average molecular weight is 346 g/mol. The minimum atomic E-state index is -0.393. The van der Waals surface area contributed by atoms with E-state index in [4.69, 9.17) is 9.47 Å². The van der Waals surface area contributed by atoms with E-state index in [1.165, 1.54) is 11.7 Å². The van der Waals surface area contributed by atoms with Crippen LogP contribution in [0.1, 0.15) is 12.8 Å². The predicted octanol–water partition coefficient (Wildman–Crippen LogP) is 0.452. The first kappa shape index (κ1) is 17.2. The van der Waals surface area contributed by atoms with Gasteiger partial charge in [-0.1, -0.05) is 12.1 Å². The van der Waals surface area contributed by atoms with E-state index in [2.05, 4.69) is 10.00 Å². The summed E-state index contributed by atoms with van der Waals surface area (Å²) in [4.78, 5) is 25.3. The standard InChI is InChI=1S/C17H22N4O4/c1-19(16-12-24-13-7-3-4-8-14(13)25-16)9-5-6-10-21-17(23)20(2)15(22)11-18-21/h3-4,7-8,11,16H,5-6,9-10,12H2,1-2H3. The van der Waals surface area contributed by atoms with E-state index in [0.717, 1.165) is 41.6 Å². The number of aryl methyl sites for hydroxylation is 1. The lowest BCUT2D eigenvalue weighted by molar-refractivity contribution is -0.0159. The topological polar surface area (TPSA) is 78.6 Å². The Hall–Kier alpha value is -2.61. The van der Waals surface area contributed by atoms with Crippen molar-refractivity contribution >= 4 is 0 Å². The maximum absolute atomic E-state index is 11.9. The van der Waals surface area contributed by atoms with Gasteiger partial charge in [0.1, 0.15) is 12.8 Å². The fraction of sp³-hybridized carbons (Fsp3) is 0.471. The van der Waals surface area contributed by atoms with E-state index in [0.29, 0.717) is 13.2 Å². The Kier molecular flexibility index (Phi) is 5.18. The Labute approximate surface area is 145 Å². The van der Waals surface area contributed by atoms with E-state index in [1.807, 2.05) is 31.3 Å². The fourth-order valence-corrected chi connectivity index (χ4v) is 2.67. The number of hydrogen-bond acceptors (Lipinski definition) is 6. The van der Waals surface area contributed by atoms with Crippen molar-refractivity contribution in [3.8, 4) is 11.5 Å². The van der Waals surface area contributed by atoms with Gasteiger partial charge in [0.25, 0.3) is 5.56 Å². The first-order chi connectivity index (χ1) is 12.1. The Morgan fingerprint density at radius 1 is 1.24 bits per heavy atom. The van der Waals surface area contributed by atoms with Gasteiger partial charge in [0.05, 0.1) is 0 Å². The molecular formula is C17H22N4O4. The monoisotopic (exact) mass is 346 g/mol. The Bertz CT molecular complexity index is 845. The zero-order valence-corrected chi connectivity index (χ0v) is 14.4. The van der Waals surface area contributed by atoms with Crippen LogP contribution in [0.2, 0.25) is 0 Å². The van der Waals surface area contributed by atoms with Crippen LogP contribution in [-0.2, 0) is 13.6 Å². The van der Waals surface area contributed by atoms with Crippen LogP contribution < -0.4 is 20.7 Å². The molecule has 1 atom stereocenters. The minimum absolute atomic E-state index is 0.131. The lowest BCUT2D eigenvalue weighted by atomic mass is 10.2. The maximum atomic E-state index is 11.9. The van der Waals surface area contributed by atoms with Gasteiger partial charge in [0.2, 0.25) is 0 Å². The van der Waals surface area contributed by atoms with Gasteiger partial charge in [0, 0.05) is 20.1 Å². The maximum Gasteiger partial charge on any atom is 0.347 e. The van der Waals surface area contributed by atoms with Crippen molar-refractivity contribution in [3.05, 3.63) is 51.3 Å². The second kappa shape index (κ2) is 7.52. The van der Waals surface area contributed by atoms with Crippen LogP contribution in [0.25, 0.3) is 0 Å². The Morgan fingerprint density at radius 2 is 2.00 bits per heavy atom. The molecule has 0 amide bonds. The molecule has 25 heavy (non-hydrogen) atoms. The molecule has 1 aliphatic rings. The molecule has 2 aromatic rings. The second-order valence-corrected chi connectivity index (χ2v) is 6.07.